The van der Waals surface area contributed by atoms with E-state index in [0.29, 0.717) is 12.8 Å². The predicted octanol–water partition coefficient (Wildman–Crippen LogP) is 2.10. The molecule has 11 heteroatoms. The first-order chi connectivity index (χ1) is 11.9. The first-order valence-electron chi connectivity index (χ1n) is 7.99. The number of esters is 2. The first kappa shape index (κ1) is 23.5. The molecule has 0 heterocycles. The molecule has 0 aliphatic rings. The maximum absolute atomic E-state index is 12.5. The quantitative estimate of drug-likeness (QED) is 0.152. The van der Waals surface area contributed by atoms with Crippen LogP contribution in [0.2, 0.25) is 0 Å². The van der Waals surface area contributed by atoms with Crippen molar-refractivity contribution < 1.29 is 42.7 Å². The number of hydroxylamine groups is 1. The summed E-state index contributed by atoms with van der Waals surface area (Å²) in [5.41, 5.74) is 1.45. The van der Waals surface area contributed by atoms with Gasteiger partial charge in [0.15, 0.2) is 0 Å². The van der Waals surface area contributed by atoms with Gasteiger partial charge in [0, 0.05) is 19.3 Å². The second kappa shape index (κ2) is 13.8. The van der Waals surface area contributed by atoms with Crippen molar-refractivity contribution in [3.8, 4) is 0 Å². The van der Waals surface area contributed by atoms with Crippen molar-refractivity contribution in [1.29, 1.82) is 0 Å². The molecule has 2 N–H and O–H groups in total. The fourth-order valence-electron chi connectivity index (χ4n) is 1.55. The first-order valence-corrected chi connectivity index (χ1v) is 9.72. The van der Waals surface area contributed by atoms with E-state index in [1.165, 1.54) is 5.48 Å². The van der Waals surface area contributed by atoms with Crippen LogP contribution in [0.25, 0.3) is 0 Å². The van der Waals surface area contributed by atoms with E-state index in [1.54, 1.807) is 13.8 Å². The average molecular weight is 383 g/mol. The van der Waals surface area contributed by atoms with Gasteiger partial charge in [0.05, 0.1) is 6.16 Å². The predicted molar refractivity (Wildman–Crippen MR) is 85.5 cm³/mol. The zero-order valence-electron chi connectivity index (χ0n) is 14.5. The van der Waals surface area contributed by atoms with Gasteiger partial charge in [-0.2, -0.15) is 0 Å². The smallest absolute Gasteiger partial charge is 0.336 e. The Kier molecular flexibility index (Phi) is 13.0. The van der Waals surface area contributed by atoms with Gasteiger partial charge < -0.3 is 9.47 Å². The lowest BCUT2D eigenvalue weighted by Crippen LogP contribution is -2.18. The minimum Gasteiger partial charge on any atom is -0.438 e. The minimum atomic E-state index is -3.75. The van der Waals surface area contributed by atoms with Gasteiger partial charge in [-0.3, -0.25) is 33.2 Å². The van der Waals surface area contributed by atoms with Crippen LogP contribution in [-0.4, -0.2) is 42.8 Å². The Morgan fingerprint density at radius 2 is 1.40 bits per heavy atom. The summed E-state index contributed by atoms with van der Waals surface area (Å²) >= 11 is 0. The highest BCUT2D eigenvalue weighted by atomic mass is 31.2. The van der Waals surface area contributed by atoms with E-state index in [0.717, 1.165) is 0 Å². The van der Waals surface area contributed by atoms with Crippen molar-refractivity contribution in [3.05, 3.63) is 0 Å². The molecule has 0 aromatic carbocycles. The summed E-state index contributed by atoms with van der Waals surface area (Å²) in [7, 11) is -3.75. The van der Waals surface area contributed by atoms with Crippen LogP contribution in [0.3, 0.4) is 0 Å². The van der Waals surface area contributed by atoms with Gasteiger partial charge in [0.25, 0.3) is 0 Å². The maximum Gasteiger partial charge on any atom is 0.336 e. The highest BCUT2D eigenvalue weighted by Gasteiger charge is 2.26. The molecule has 0 bridgehead atoms. The van der Waals surface area contributed by atoms with Crippen molar-refractivity contribution in [1.82, 2.24) is 5.48 Å². The van der Waals surface area contributed by atoms with E-state index >= 15 is 0 Å². The number of nitrogens with one attached hydrogen (secondary N) is 1. The number of ether oxygens (including phenoxy) is 2. The Morgan fingerprint density at radius 1 is 0.920 bits per heavy atom. The lowest BCUT2D eigenvalue weighted by atomic mass is 10.3. The topological polar surface area (TPSA) is 137 Å². The highest BCUT2D eigenvalue weighted by molar-refractivity contribution is 7.53. The monoisotopic (exact) mass is 383 g/mol. The van der Waals surface area contributed by atoms with Crippen molar-refractivity contribution in [2.75, 3.05) is 19.7 Å². The fourth-order valence-corrected chi connectivity index (χ4v) is 2.86. The van der Waals surface area contributed by atoms with Gasteiger partial charge >= 0.3 is 19.5 Å². The molecule has 0 aliphatic carbocycles. The van der Waals surface area contributed by atoms with Gasteiger partial charge in [-0.25, -0.2) is 5.48 Å². The number of amides is 1. The summed E-state index contributed by atoms with van der Waals surface area (Å²) < 4.78 is 32.1. The third-order valence-electron chi connectivity index (χ3n) is 2.81. The summed E-state index contributed by atoms with van der Waals surface area (Å²) in [6.07, 6.45) is 1.36. The van der Waals surface area contributed by atoms with Crippen molar-refractivity contribution in [3.63, 3.8) is 0 Å². The van der Waals surface area contributed by atoms with E-state index in [-0.39, 0.29) is 31.8 Å². The standard InChI is InChI=1S/C14H26NO9P/c1-3-6-13(17)21-10-23-25(20,9-5-8-12(16)15-19)24-11-22-14(18)7-4-2/h19H,3-11H2,1-2H3,(H,15,16). The largest absolute Gasteiger partial charge is 0.438 e. The summed E-state index contributed by atoms with van der Waals surface area (Å²) in [4.78, 5) is 33.5. The van der Waals surface area contributed by atoms with Crippen LogP contribution in [0, 0.1) is 0 Å². The second-order valence-corrected chi connectivity index (χ2v) is 7.19. The Bertz CT molecular complexity index is 441. The van der Waals surface area contributed by atoms with Crippen LogP contribution >= 0.6 is 7.60 Å². The zero-order chi connectivity index (χ0) is 19.1. The third kappa shape index (κ3) is 12.5. The van der Waals surface area contributed by atoms with Crippen LogP contribution in [0.4, 0.5) is 0 Å². The summed E-state index contributed by atoms with van der Waals surface area (Å²) in [5, 5.41) is 8.42. The van der Waals surface area contributed by atoms with Crippen LogP contribution in [0.5, 0.6) is 0 Å². The number of hydrogen-bond donors (Lipinski definition) is 2. The Morgan fingerprint density at radius 3 is 1.80 bits per heavy atom. The molecule has 0 aliphatic heterocycles. The molecular weight excluding hydrogens is 357 g/mol. The molecule has 0 rings (SSSR count). The lowest BCUT2D eigenvalue weighted by molar-refractivity contribution is -0.152. The fraction of sp³-hybridized carbons (Fsp3) is 0.786. The van der Waals surface area contributed by atoms with E-state index in [4.69, 9.17) is 23.7 Å². The maximum atomic E-state index is 12.5. The average Bonchev–Trinajstić information content (AvgIpc) is 2.55. The number of rotatable bonds is 14. The van der Waals surface area contributed by atoms with Crippen molar-refractivity contribution >= 4 is 25.4 Å². The normalized spacial score (nSPS) is 11.0. The molecule has 0 fully saturated rings. The van der Waals surface area contributed by atoms with Gasteiger partial charge in [-0.15, -0.1) is 0 Å². The second-order valence-electron chi connectivity index (χ2n) is 5.00. The molecule has 0 saturated heterocycles. The van der Waals surface area contributed by atoms with Crippen molar-refractivity contribution in [2.45, 2.75) is 52.4 Å². The van der Waals surface area contributed by atoms with Crippen LogP contribution < -0.4 is 5.48 Å². The van der Waals surface area contributed by atoms with E-state index in [9.17, 15) is 18.9 Å². The SMILES string of the molecule is CCCC(=O)OCOP(=O)(CCCC(=O)NO)OCOC(=O)CCC. The van der Waals surface area contributed by atoms with Crippen LogP contribution in [-0.2, 0) is 37.5 Å². The summed E-state index contributed by atoms with van der Waals surface area (Å²) in [5.74, 6) is -1.68. The van der Waals surface area contributed by atoms with Gasteiger partial charge in [-0.05, 0) is 19.3 Å². The third-order valence-corrected chi connectivity index (χ3v) is 4.67. The zero-order valence-corrected chi connectivity index (χ0v) is 15.4. The molecular formula is C14H26NO9P. The molecule has 0 spiro atoms. The Balaban J connectivity index is 4.46. The molecule has 1 amide bonds. The Hall–Kier alpha value is -1.48. The molecule has 25 heavy (non-hydrogen) atoms. The van der Waals surface area contributed by atoms with E-state index < -0.39 is 39.0 Å². The molecule has 146 valence electrons. The van der Waals surface area contributed by atoms with E-state index in [1.807, 2.05) is 0 Å². The Labute approximate surface area is 146 Å². The summed E-state index contributed by atoms with van der Waals surface area (Å²) in [6.45, 7) is 2.44. The van der Waals surface area contributed by atoms with Gasteiger partial charge in [-0.1, -0.05) is 13.8 Å². The van der Waals surface area contributed by atoms with Crippen LogP contribution in [0.1, 0.15) is 52.4 Å². The molecule has 0 aromatic heterocycles. The number of carbonyl (C=O) groups is 3. The van der Waals surface area contributed by atoms with E-state index in [2.05, 4.69) is 0 Å². The molecule has 0 radical (unpaired) electrons. The van der Waals surface area contributed by atoms with Gasteiger partial charge in [0.2, 0.25) is 19.5 Å². The lowest BCUT2D eigenvalue weighted by Gasteiger charge is -2.18. The van der Waals surface area contributed by atoms with Crippen molar-refractivity contribution in [2.24, 2.45) is 0 Å². The van der Waals surface area contributed by atoms with Gasteiger partial charge in [0.1, 0.15) is 0 Å². The highest BCUT2D eigenvalue weighted by Crippen LogP contribution is 2.48. The summed E-state index contributed by atoms with van der Waals surface area (Å²) in [6, 6.07) is 0. The molecule has 0 unspecified atom stereocenters. The minimum absolute atomic E-state index is 0.0789. The molecule has 0 aromatic rings. The van der Waals surface area contributed by atoms with Crippen LogP contribution in [0.15, 0.2) is 0 Å². The molecule has 0 saturated carbocycles. The number of carbonyl (C=O) groups excluding carboxylic acids is 3. The molecule has 10 nitrogen and oxygen atoms in total. The molecule has 0 atom stereocenters. The number of hydrogen-bond acceptors (Lipinski definition) is 9.